The van der Waals surface area contributed by atoms with Crippen LogP contribution >= 0.6 is 0 Å². The van der Waals surface area contributed by atoms with Gasteiger partial charge in [0.05, 0.1) is 12.6 Å². The average Bonchev–Trinajstić information content (AvgIpc) is 2.98. The lowest BCUT2D eigenvalue weighted by Crippen LogP contribution is -2.44. The summed E-state index contributed by atoms with van der Waals surface area (Å²) >= 11 is 0. The van der Waals surface area contributed by atoms with Gasteiger partial charge in [-0.3, -0.25) is 4.90 Å². The number of likely N-dealkylation sites (tertiary alicyclic amines) is 2. The number of urea groups is 1. The maximum absolute atomic E-state index is 12.4. The number of nitrogens with zero attached hydrogens (tertiary/aromatic N) is 2. The number of carbonyl (C=O) groups excluding carboxylic acids is 1. The molecule has 5 nitrogen and oxygen atoms in total. The Kier molecular flexibility index (Phi) is 6.70. The van der Waals surface area contributed by atoms with E-state index in [0.29, 0.717) is 6.54 Å². The maximum atomic E-state index is 12.4. The molecule has 138 valence electrons. The van der Waals surface area contributed by atoms with Crippen molar-refractivity contribution in [1.82, 2.24) is 15.1 Å². The van der Waals surface area contributed by atoms with Crippen LogP contribution in [-0.4, -0.2) is 53.2 Å². The highest BCUT2D eigenvalue weighted by Crippen LogP contribution is 2.18. The fourth-order valence-corrected chi connectivity index (χ4v) is 3.98. The third-order valence-corrected chi connectivity index (χ3v) is 5.49. The zero-order valence-corrected chi connectivity index (χ0v) is 15.1. The Morgan fingerprint density at radius 1 is 1.04 bits per heavy atom. The van der Waals surface area contributed by atoms with Crippen molar-refractivity contribution >= 4 is 6.03 Å². The summed E-state index contributed by atoms with van der Waals surface area (Å²) in [5.41, 5.74) is 2.50. The zero-order chi connectivity index (χ0) is 17.5. The number of nitrogens with one attached hydrogen (secondary N) is 1. The van der Waals surface area contributed by atoms with Crippen molar-refractivity contribution in [2.24, 2.45) is 0 Å². The fourth-order valence-electron chi connectivity index (χ4n) is 3.98. The molecule has 0 radical (unpaired) electrons. The van der Waals surface area contributed by atoms with E-state index in [-0.39, 0.29) is 18.7 Å². The molecule has 2 amide bonds. The molecular weight excluding hydrogens is 314 g/mol. The summed E-state index contributed by atoms with van der Waals surface area (Å²) in [4.78, 5) is 16.7. The van der Waals surface area contributed by atoms with Gasteiger partial charge in [-0.1, -0.05) is 37.1 Å². The van der Waals surface area contributed by atoms with Gasteiger partial charge >= 0.3 is 6.03 Å². The van der Waals surface area contributed by atoms with Crippen molar-refractivity contribution < 1.29 is 9.90 Å². The van der Waals surface area contributed by atoms with Crippen molar-refractivity contribution in [2.75, 3.05) is 26.2 Å². The number of benzene rings is 1. The first-order chi connectivity index (χ1) is 12.3. The van der Waals surface area contributed by atoms with E-state index >= 15 is 0 Å². The molecule has 5 heteroatoms. The van der Waals surface area contributed by atoms with Gasteiger partial charge in [0.2, 0.25) is 0 Å². The minimum Gasteiger partial charge on any atom is -0.394 e. The number of aliphatic hydroxyl groups is 1. The molecule has 1 aromatic rings. The van der Waals surface area contributed by atoms with Gasteiger partial charge in [-0.15, -0.1) is 0 Å². The van der Waals surface area contributed by atoms with E-state index in [1.807, 2.05) is 6.07 Å². The Morgan fingerprint density at radius 2 is 1.76 bits per heavy atom. The Morgan fingerprint density at radius 3 is 2.48 bits per heavy atom. The molecule has 2 fully saturated rings. The summed E-state index contributed by atoms with van der Waals surface area (Å²) in [6.07, 6.45) is 7.14. The second-order valence-corrected chi connectivity index (χ2v) is 7.29. The van der Waals surface area contributed by atoms with Crippen molar-refractivity contribution in [1.29, 1.82) is 0 Å². The van der Waals surface area contributed by atoms with Crippen LogP contribution in [0.15, 0.2) is 24.3 Å². The van der Waals surface area contributed by atoms with E-state index in [1.54, 1.807) is 4.90 Å². The molecule has 0 spiro atoms. The molecule has 1 atom stereocenters. The minimum absolute atomic E-state index is 0.0210. The second kappa shape index (κ2) is 9.20. The normalized spacial score (nSPS) is 22.0. The van der Waals surface area contributed by atoms with Gasteiger partial charge in [0.25, 0.3) is 0 Å². The van der Waals surface area contributed by atoms with Gasteiger partial charge in [-0.2, -0.15) is 0 Å². The van der Waals surface area contributed by atoms with Crippen molar-refractivity contribution in [3.05, 3.63) is 35.4 Å². The summed E-state index contributed by atoms with van der Waals surface area (Å²) in [6, 6.07) is 8.34. The summed E-state index contributed by atoms with van der Waals surface area (Å²) < 4.78 is 0. The highest BCUT2D eigenvalue weighted by atomic mass is 16.3. The molecule has 1 aromatic carbocycles. The first kappa shape index (κ1) is 18.2. The third kappa shape index (κ3) is 4.95. The summed E-state index contributed by atoms with van der Waals surface area (Å²) in [5, 5.41) is 12.4. The molecule has 0 saturated carbocycles. The van der Waals surface area contributed by atoms with Gasteiger partial charge in [0.1, 0.15) is 0 Å². The molecule has 2 aliphatic rings. The number of rotatable bonds is 5. The maximum Gasteiger partial charge on any atom is 0.317 e. The molecule has 0 aromatic heterocycles. The number of hydrogen-bond acceptors (Lipinski definition) is 3. The fraction of sp³-hybridized carbons (Fsp3) is 0.650. The van der Waals surface area contributed by atoms with Gasteiger partial charge in [-0.25, -0.2) is 4.79 Å². The lowest BCUT2D eigenvalue weighted by atomic mass is 10.1. The summed E-state index contributed by atoms with van der Waals surface area (Å²) in [7, 11) is 0. The molecule has 0 aliphatic carbocycles. The van der Waals surface area contributed by atoms with E-state index in [1.165, 1.54) is 49.9 Å². The van der Waals surface area contributed by atoms with Crippen molar-refractivity contribution in [3.8, 4) is 0 Å². The van der Waals surface area contributed by atoms with E-state index < -0.39 is 0 Å². The van der Waals surface area contributed by atoms with E-state index in [0.717, 1.165) is 25.9 Å². The van der Waals surface area contributed by atoms with E-state index in [2.05, 4.69) is 28.4 Å². The van der Waals surface area contributed by atoms with Crippen LogP contribution in [0, 0.1) is 0 Å². The zero-order valence-electron chi connectivity index (χ0n) is 15.1. The molecule has 2 saturated heterocycles. The van der Waals surface area contributed by atoms with Crippen LogP contribution in [0.3, 0.4) is 0 Å². The average molecular weight is 345 g/mol. The third-order valence-electron chi connectivity index (χ3n) is 5.49. The van der Waals surface area contributed by atoms with Crippen LogP contribution in [0.25, 0.3) is 0 Å². The van der Waals surface area contributed by atoms with E-state index in [9.17, 15) is 9.90 Å². The largest absolute Gasteiger partial charge is 0.394 e. The van der Waals surface area contributed by atoms with Crippen molar-refractivity contribution in [2.45, 2.75) is 57.7 Å². The standard InChI is InChI=1S/C20H31N3O2/c24-16-19-10-7-13-23(19)20(25)21-14-17-8-3-4-9-18(17)15-22-11-5-1-2-6-12-22/h3-4,8-9,19,24H,1-2,5-7,10-16H2,(H,21,25)/t19-/m0/s1. The van der Waals surface area contributed by atoms with Crippen LogP contribution < -0.4 is 5.32 Å². The predicted octanol–water partition coefficient (Wildman–Crippen LogP) is 2.73. The van der Waals surface area contributed by atoms with Crippen LogP contribution in [0.5, 0.6) is 0 Å². The second-order valence-electron chi connectivity index (χ2n) is 7.29. The molecular formula is C20H31N3O2. The van der Waals surface area contributed by atoms with Crippen LogP contribution in [0.4, 0.5) is 4.79 Å². The smallest absolute Gasteiger partial charge is 0.317 e. The van der Waals surface area contributed by atoms with Gasteiger partial charge in [-0.05, 0) is 49.9 Å². The Balaban J connectivity index is 1.58. The highest BCUT2D eigenvalue weighted by molar-refractivity contribution is 5.74. The van der Waals surface area contributed by atoms with Crippen molar-refractivity contribution in [3.63, 3.8) is 0 Å². The van der Waals surface area contributed by atoms with Gasteiger partial charge in [0, 0.05) is 19.6 Å². The van der Waals surface area contributed by atoms with Gasteiger partial charge < -0.3 is 15.3 Å². The lowest BCUT2D eigenvalue weighted by molar-refractivity contribution is 0.157. The first-order valence-corrected chi connectivity index (χ1v) is 9.72. The van der Waals surface area contributed by atoms with Gasteiger partial charge in [0.15, 0.2) is 0 Å². The molecule has 2 heterocycles. The summed E-state index contributed by atoms with van der Waals surface area (Å²) in [5.74, 6) is 0. The Labute approximate surface area is 151 Å². The molecule has 25 heavy (non-hydrogen) atoms. The molecule has 0 bridgehead atoms. The predicted molar refractivity (Wildman–Crippen MR) is 99.2 cm³/mol. The highest BCUT2D eigenvalue weighted by Gasteiger charge is 2.27. The summed E-state index contributed by atoms with van der Waals surface area (Å²) in [6.45, 7) is 4.66. The van der Waals surface area contributed by atoms with Crippen LogP contribution in [-0.2, 0) is 13.1 Å². The monoisotopic (exact) mass is 345 g/mol. The first-order valence-electron chi connectivity index (χ1n) is 9.72. The number of carbonyl (C=O) groups is 1. The molecule has 3 rings (SSSR count). The quantitative estimate of drug-likeness (QED) is 0.863. The minimum atomic E-state index is -0.0545. The SMILES string of the molecule is O=C(NCc1ccccc1CN1CCCCCC1)N1CCC[C@H]1CO. The van der Waals surface area contributed by atoms with Crippen LogP contribution in [0.2, 0.25) is 0 Å². The Hall–Kier alpha value is -1.59. The van der Waals surface area contributed by atoms with E-state index in [4.69, 9.17) is 0 Å². The molecule has 2 aliphatic heterocycles. The number of aliphatic hydroxyl groups excluding tert-OH is 1. The molecule has 2 N–H and O–H groups in total. The Bertz CT molecular complexity index is 556. The lowest BCUT2D eigenvalue weighted by Gasteiger charge is -2.24. The molecule has 0 unspecified atom stereocenters. The number of hydrogen-bond donors (Lipinski definition) is 2. The number of amides is 2. The topological polar surface area (TPSA) is 55.8 Å². The van der Waals surface area contributed by atoms with Crippen LogP contribution in [0.1, 0.15) is 49.7 Å².